The number of carboxylic acid groups (broad SMARTS) is 1. The zero-order chi connectivity index (χ0) is 33.8. The number of hydrogen-bond acceptors (Lipinski definition) is 6. The first kappa shape index (κ1) is 34.8. The Morgan fingerprint density at radius 3 is 2.46 bits per heavy atom. The number of aliphatic hydroxyl groups is 1. The van der Waals surface area contributed by atoms with Crippen molar-refractivity contribution in [3.8, 4) is 28.1 Å². The van der Waals surface area contributed by atoms with Gasteiger partial charge in [-0.2, -0.15) is 0 Å². The summed E-state index contributed by atoms with van der Waals surface area (Å²) in [6.45, 7) is 13.9. The molecule has 1 aromatic carbocycles. The lowest BCUT2D eigenvalue weighted by molar-refractivity contribution is -0.122. The largest absolute Gasteiger partial charge is 0.490 e. The van der Waals surface area contributed by atoms with Gasteiger partial charge in [-0.1, -0.05) is 13.0 Å². The summed E-state index contributed by atoms with van der Waals surface area (Å²) < 4.78 is 23.3. The lowest BCUT2D eigenvalue weighted by Crippen LogP contribution is -2.23. The van der Waals surface area contributed by atoms with Gasteiger partial charge in [0.05, 0.1) is 23.6 Å². The van der Waals surface area contributed by atoms with Crippen LogP contribution in [0.2, 0.25) is 0 Å². The molecule has 0 unspecified atom stereocenters. The smallest absolute Gasteiger partial charge is 0.290 e. The van der Waals surface area contributed by atoms with Crippen molar-refractivity contribution in [1.29, 1.82) is 0 Å². The van der Waals surface area contributed by atoms with Crippen LogP contribution in [0.15, 0.2) is 36.5 Å². The van der Waals surface area contributed by atoms with Crippen LogP contribution in [0.1, 0.15) is 68.6 Å². The average molecular weight is 631 g/mol. The molecule has 6 rings (SSSR count). The van der Waals surface area contributed by atoms with E-state index in [0.717, 1.165) is 94.7 Å². The molecule has 0 fully saturated rings. The van der Waals surface area contributed by atoms with E-state index in [1.165, 1.54) is 11.1 Å². The summed E-state index contributed by atoms with van der Waals surface area (Å²) in [4.78, 5) is 20.4. The summed E-state index contributed by atoms with van der Waals surface area (Å²) in [6.07, 6.45) is 7.76. The van der Waals surface area contributed by atoms with Gasteiger partial charge in [0.1, 0.15) is 5.65 Å². The van der Waals surface area contributed by atoms with Crippen molar-refractivity contribution < 1.29 is 24.1 Å². The Morgan fingerprint density at radius 1 is 1.13 bits per heavy atom. The lowest BCUT2D eigenvalue weighted by Gasteiger charge is -2.23. The van der Waals surface area contributed by atoms with Crippen molar-refractivity contribution >= 4 is 23.1 Å². The Balaban J connectivity index is 0.000000541. The van der Waals surface area contributed by atoms with Gasteiger partial charge in [-0.15, -0.1) is 0 Å². The Morgan fingerprint density at radius 2 is 1.83 bits per heavy atom. The molecular weight excluding hydrogens is 583 g/mol. The first-order chi connectivity index (χ1) is 21.8. The number of fused-ring (bicyclic) bond motifs is 2. The van der Waals surface area contributed by atoms with Crippen LogP contribution in [0, 0.1) is 19.7 Å². The Kier molecular flexibility index (Phi) is 11.0. The molecular formula is C37H47FN4O4. The van der Waals surface area contributed by atoms with E-state index in [1.807, 2.05) is 6.20 Å². The molecule has 2 N–H and O–H groups in total. The standard InChI is InChI=1S/C32H35FN4O.C4H10O.CH2O2/c1-6-23-20(3)35-32-26(30(23)25-17-27(33)31-24(19(25)2)8-7-15-38-31)18-29(37(32)5)22-9-12-34-28(16-22)21-10-13-36(4)14-11-21;1-4(2,3)5;2-1-3/h9-10,12,16-18H,6-8,11,13-15H2,1-5H3;5H,1-3H3;1H,(H,2,3). The van der Waals surface area contributed by atoms with Crippen LogP contribution < -0.4 is 4.74 Å². The molecule has 0 saturated heterocycles. The molecule has 0 saturated carbocycles. The number of halogens is 1. The number of benzene rings is 1. The van der Waals surface area contributed by atoms with Crippen LogP contribution in [-0.2, 0) is 24.7 Å². The number of likely N-dealkylation sites (N-methyl/N-ethyl adjacent to an activating group) is 1. The second kappa shape index (κ2) is 14.6. The Bertz CT molecular complexity index is 1750. The van der Waals surface area contributed by atoms with Crippen molar-refractivity contribution in [3.05, 3.63) is 70.4 Å². The minimum absolute atomic E-state index is 0.250. The molecule has 2 aliphatic rings. The highest BCUT2D eigenvalue weighted by atomic mass is 19.1. The van der Waals surface area contributed by atoms with E-state index in [4.69, 9.17) is 29.7 Å². The second-order valence-corrected chi connectivity index (χ2v) is 13.0. The third-order valence-electron chi connectivity index (χ3n) is 8.34. The van der Waals surface area contributed by atoms with Crippen molar-refractivity contribution in [1.82, 2.24) is 19.4 Å². The van der Waals surface area contributed by atoms with Crippen molar-refractivity contribution in [2.45, 2.75) is 72.8 Å². The Hall–Kier alpha value is -4.08. The Labute approximate surface area is 271 Å². The molecule has 0 spiro atoms. The van der Waals surface area contributed by atoms with Gasteiger partial charge >= 0.3 is 0 Å². The van der Waals surface area contributed by atoms with Gasteiger partial charge in [0, 0.05) is 48.5 Å². The maximum absolute atomic E-state index is 15.4. The molecule has 8 nitrogen and oxygen atoms in total. The summed E-state index contributed by atoms with van der Waals surface area (Å²) in [6, 6.07) is 8.17. The van der Waals surface area contributed by atoms with Crippen LogP contribution in [0.3, 0.4) is 0 Å². The molecule has 0 atom stereocenters. The van der Waals surface area contributed by atoms with Gasteiger partial charge in [0.15, 0.2) is 11.6 Å². The zero-order valence-corrected chi connectivity index (χ0v) is 28.4. The first-order valence-electron chi connectivity index (χ1n) is 15.9. The highest BCUT2D eigenvalue weighted by molar-refractivity contribution is 6.00. The van der Waals surface area contributed by atoms with Crippen molar-refractivity contribution in [2.75, 3.05) is 26.7 Å². The maximum Gasteiger partial charge on any atom is 0.290 e. The fourth-order valence-electron chi connectivity index (χ4n) is 6.19. The number of ether oxygens (including phenoxy) is 1. The van der Waals surface area contributed by atoms with Crippen LogP contribution in [0.5, 0.6) is 5.75 Å². The SMILES string of the molecule is CC(C)(C)O.CCc1c(C)nc2c(cc(-c3ccnc(C4=CCN(C)CC4)c3)n2C)c1-c1cc(F)c2c(c1C)CCCO2.O=CO. The van der Waals surface area contributed by atoms with E-state index in [1.54, 1.807) is 26.8 Å². The number of aromatic nitrogens is 3. The third kappa shape index (κ3) is 7.65. The first-order valence-corrected chi connectivity index (χ1v) is 15.9. The summed E-state index contributed by atoms with van der Waals surface area (Å²) in [5, 5.41) is 16.5. The number of aryl methyl sites for hydroxylation is 2. The van der Waals surface area contributed by atoms with Gasteiger partial charge in [-0.25, -0.2) is 9.37 Å². The zero-order valence-electron chi connectivity index (χ0n) is 28.4. The maximum atomic E-state index is 15.4. The van der Waals surface area contributed by atoms with E-state index in [0.29, 0.717) is 12.4 Å². The summed E-state index contributed by atoms with van der Waals surface area (Å²) in [5.41, 5.74) is 11.2. The number of pyridine rings is 2. The molecule has 0 amide bonds. The van der Waals surface area contributed by atoms with Gasteiger partial charge in [-0.05, 0) is 119 Å². The molecule has 46 heavy (non-hydrogen) atoms. The molecule has 4 aromatic rings. The van der Waals surface area contributed by atoms with Crippen molar-refractivity contribution in [2.24, 2.45) is 7.05 Å². The van der Waals surface area contributed by atoms with E-state index in [9.17, 15) is 0 Å². The predicted molar refractivity (Wildman–Crippen MR) is 183 cm³/mol. The van der Waals surface area contributed by atoms with E-state index in [-0.39, 0.29) is 12.3 Å². The number of hydrogen-bond donors (Lipinski definition) is 2. The van der Waals surface area contributed by atoms with Crippen LogP contribution in [-0.4, -0.2) is 68.5 Å². The molecule has 3 aromatic heterocycles. The molecule has 5 heterocycles. The topological polar surface area (TPSA) is 101 Å². The molecule has 2 aliphatic heterocycles. The molecule has 0 bridgehead atoms. The second-order valence-electron chi connectivity index (χ2n) is 13.0. The van der Waals surface area contributed by atoms with Gasteiger partial charge in [-0.3, -0.25) is 9.78 Å². The number of rotatable bonds is 4. The van der Waals surface area contributed by atoms with Crippen LogP contribution in [0.4, 0.5) is 4.39 Å². The van der Waals surface area contributed by atoms with E-state index >= 15 is 4.39 Å². The minimum atomic E-state index is -0.500. The van der Waals surface area contributed by atoms with E-state index in [2.05, 4.69) is 68.6 Å². The normalized spacial score (nSPS) is 14.7. The summed E-state index contributed by atoms with van der Waals surface area (Å²) >= 11 is 0. The van der Waals surface area contributed by atoms with Crippen LogP contribution >= 0.6 is 0 Å². The molecule has 0 aliphatic carbocycles. The summed E-state index contributed by atoms with van der Waals surface area (Å²) in [7, 11) is 4.22. The quantitative estimate of drug-likeness (QED) is 0.231. The average Bonchev–Trinajstić information content (AvgIpc) is 3.34. The molecule has 0 radical (unpaired) electrons. The van der Waals surface area contributed by atoms with Crippen molar-refractivity contribution in [3.63, 3.8) is 0 Å². The fourth-order valence-corrected chi connectivity index (χ4v) is 6.19. The highest BCUT2D eigenvalue weighted by Gasteiger charge is 2.25. The lowest BCUT2D eigenvalue weighted by atomic mass is 9.87. The number of carbonyl (C=O) groups is 1. The van der Waals surface area contributed by atoms with Gasteiger partial charge < -0.3 is 24.4 Å². The summed E-state index contributed by atoms with van der Waals surface area (Å²) in [5.74, 6) is 0.158. The number of nitrogens with zero attached hydrogens (tertiary/aromatic N) is 4. The monoisotopic (exact) mass is 630 g/mol. The molecule has 9 heteroatoms. The minimum Gasteiger partial charge on any atom is -0.490 e. The van der Waals surface area contributed by atoms with Gasteiger partial charge in [0.25, 0.3) is 6.47 Å². The highest BCUT2D eigenvalue weighted by Crippen LogP contribution is 2.43. The predicted octanol–water partition coefficient (Wildman–Crippen LogP) is 7.14. The fraction of sp³-hybridized carbons (Fsp3) is 0.432. The van der Waals surface area contributed by atoms with Gasteiger partial charge in [0.2, 0.25) is 0 Å². The third-order valence-corrected chi connectivity index (χ3v) is 8.34. The van der Waals surface area contributed by atoms with Crippen LogP contribution in [0.25, 0.3) is 39.0 Å². The molecule has 246 valence electrons. The van der Waals surface area contributed by atoms with E-state index < -0.39 is 5.60 Å².